The summed E-state index contributed by atoms with van der Waals surface area (Å²) in [7, 11) is 3.57. The molecule has 1 aromatic heterocycles. The van der Waals surface area contributed by atoms with Gasteiger partial charge in [0.2, 0.25) is 0 Å². The maximum Gasteiger partial charge on any atom is 0.416 e. The van der Waals surface area contributed by atoms with Crippen LogP contribution in [0.5, 0.6) is 0 Å². The number of nitrogens with one attached hydrogen (secondary N) is 3. The topological polar surface area (TPSA) is 103 Å². The van der Waals surface area contributed by atoms with Gasteiger partial charge in [-0.25, -0.2) is 0 Å². The first-order valence-electron chi connectivity index (χ1n) is 12.0. The summed E-state index contributed by atoms with van der Waals surface area (Å²) in [5.41, 5.74) is 15.7. The largest absolute Gasteiger partial charge is 0.416 e. The third-order valence-corrected chi connectivity index (χ3v) is 6.45. The van der Waals surface area contributed by atoms with E-state index < -0.39 is 17.6 Å². The highest BCUT2D eigenvalue weighted by molar-refractivity contribution is 6.05. The summed E-state index contributed by atoms with van der Waals surface area (Å²) in [6, 6.07) is 8.92. The Bertz CT molecular complexity index is 1370. The average Bonchev–Trinajstić information content (AvgIpc) is 3.46. The monoisotopic (exact) mass is 528 g/mol. The van der Waals surface area contributed by atoms with E-state index in [0.29, 0.717) is 24.3 Å². The fraction of sp³-hybridized carbons (Fsp3) is 0.308. The number of rotatable bonds is 8. The molecular formula is C26H31F3N8O. The zero-order valence-corrected chi connectivity index (χ0v) is 21.6. The van der Waals surface area contributed by atoms with Gasteiger partial charge in [0.05, 0.1) is 23.1 Å². The quantitative estimate of drug-likeness (QED) is 0.355. The summed E-state index contributed by atoms with van der Waals surface area (Å²) in [4.78, 5) is 14.8. The number of alkyl halides is 3. The molecule has 0 atom stereocenters. The molecule has 12 heteroatoms. The van der Waals surface area contributed by atoms with E-state index in [1.54, 1.807) is 46.0 Å². The molecule has 4 rings (SSSR count). The number of anilines is 2. The number of likely N-dealkylation sites (N-methyl/N-ethyl adjacent to an activating group) is 1. The van der Waals surface area contributed by atoms with Crippen molar-refractivity contribution in [1.82, 2.24) is 25.6 Å². The fourth-order valence-electron chi connectivity index (χ4n) is 4.20. The van der Waals surface area contributed by atoms with E-state index in [1.165, 1.54) is 12.1 Å². The molecule has 1 aliphatic heterocycles. The Morgan fingerprint density at radius 3 is 2.61 bits per heavy atom. The predicted molar refractivity (Wildman–Crippen MR) is 141 cm³/mol. The Kier molecular flexibility index (Phi) is 7.76. The summed E-state index contributed by atoms with van der Waals surface area (Å²) in [5, 5.41) is 8.60. The third kappa shape index (κ3) is 5.82. The standard InChI is InChI=1S/C26H31F3N8O/c1-16-5-6-18(11-24(16)37-15-23(33-34-37)21-13-31-36(4)17(21)2)25(38)32-20-8-7-19(14-35(3)10-9-30)22(12-20)26(27,28)29/h5-8,11-13,15,33-34H,9-10,14,30H2,1-4H3,(H,32,38). The van der Waals surface area contributed by atoms with E-state index in [-0.39, 0.29) is 17.8 Å². The lowest BCUT2D eigenvalue weighted by Crippen LogP contribution is -2.36. The number of halogens is 3. The summed E-state index contributed by atoms with van der Waals surface area (Å²) in [5.74, 6) is -0.521. The van der Waals surface area contributed by atoms with Crippen molar-refractivity contribution in [3.05, 3.63) is 82.3 Å². The molecule has 1 amide bonds. The van der Waals surface area contributed by atoms with Crippen LogP contribution in [0.1, 0.15) is 38.3 Å². The van der Waals surface area contributed by atoms with Gasteiger partial charge in [-0.3, -0.25) is 14.5 Å². The molecule has 5 N–H and O–H groups in total. The number of carbonyl (C=O) groups excluding carboxylic acids is 1. The van der Waals surface area contributed by atoms with Crippen LogP contribution in [0.2, 0.25) is 0 Å². The molecular weight excluding hydrogens is 497 g/mol. The highest BCUT2D eigenvalue weighted by Gasteiger charge is 2.34. The van der Waals surface area contributed by atoms with Gasteiger partial charge in [0.1, 0.15) is 0 Å². The summed E-state index contributed by atoms with van der Waals surface area (Å²) >= 11 is 0. The molecule has 0 saturated heterocycles. The smallest absolute Gasteiger partial charge is 0.329 e. The van der Waals surface area contributed by atoms with Gasteiger partial charge in [-0.15, -0.1) is 5.53 Å². The maximum atomic E-state index is 13.8. The summed E-state index contributed by atoms with van der Waals surface area (Å²) < 4.78 is 43.1. The molecule has 0 bridgehead atoms. The minimum Gasteiger partial charge on any atom is -0.329 e. The first kappa shape index (κ1) is 27.2. The SMILES string of the molecule is Cc1ccc(C(=O)Nc2ccc(CN(C)CCN)c(C(F)(F)F)c2)cc1N1C=C(c2cnn(C)c2C)NN1. The van der Waals surface area contributed by atoms with Crippen LogP contribution in [0.4, 0.5) is 24.5 Å². The summed E-state index contributed by atoms with van der Waals surface area (Å²) in [6.45, 7) is 4.75. The lowest BCUT2D eigenvalue weighted by atomic mass is 10.0. The van der Waals surface area contributed by atoms with Gasteiger partial charge in [-0.2, -0.15) is 18.3 Å². The zero-order valence-electron chi connectivity index (χ0n) is 21.6. The zero-order chi connectivity index (χ0) is 27.6. The van der Waals surface area contributed by atoms with Crippen LogP contribution < -0.4 is 27.0 Å². The molecule has 0 unspecified atom stereocenters. The van der Waals surface area contributed by atoms with Crippen LogP contribution in [-0.4, -0.2) is 40.7 Å². The minimum absolute atomic E-state index is 0.0601. The second-order valence-corrected chi connectivity index (χ2v) is 9.27. The molecule has 9 nitrogen and oxygen atoms in total. The maximum absolute atomic E-state index is 13.8. The second-order valence-electron chi connectivity index (χ2n) is 9.27. The van der Waals surface area contributed by atoms with Crippen LogP contribution in [0, 0.1) is 13.8 Å². The fourth-order valence-corrected chi connectivity index (χ4v) is 4.20. The van der Waals surface area contributed by atoms with Crippen molar-refractivity contribution in [1.29, 1.82) is 0 Å². The van der Waals surface area contributed by atoms with Crippen molar-refractivity contribution >= 4 is 23.0 Å². The molecule has 38 heavy (non-hydrogen) atoms. The molecule has 0 fully saturated rings. The Hall–Kier alpha value is -3.87. The molecule has 0 radical (unpaired) electrons. The van der Waals surface area contributed by atoms with E-state index in [1.807, 2.05) is 27.1 Å². The minimum atomic E-state index is -4.57. The summed E-state index contributed by atoms with van der Waals surface area (Å²) in [6.07, 6.45) is -0.960. The molecule has 0 saturated carbocycles. The van der Waals surface area contributed by atoms with Gasteiger partial charge >= 0.3 is 6.18 Å². The number of nitrogens with two attached hydrogens (primary N) is 1. The van der Waals surface area contributed by atoms with E-state index in [9.17, 15) is 18.0 Å². The number of amides is 1. The number of hydrogen-bond acceptors (Lipinski definition) is 7. The van der Waals surface area contributed by atoms with E-state index >= 15 is 0 Å². The van der Waals surface area contributed by atoms with Crippen molar-refractivity contribution in [2.24, 2.45) is 12.8 Å². The van der Waals surface area contributed by atoms with Crippen LogP contribution in [0.15, 0.2) is 48.8 Å². The molecule has 2 aromatic carbocycles. The highest BCUT2D eigenvalue weighted by Crippen LogP contribution is 2.34. The highest BCUT2D eigenvalue weighted by atomic mass is 19.4. The lowest BCUT2D eigenvalue weighted by molar-refractivity contribution is -0.138. The first-order valence-corrected chi connectivity index (χ1v) is 12.0. The van der Waals surface area contributed by atoms with Gasteiger partial charge in [0, 0.05) is 55.4 Å². The second kappa shape index (κ2) is 10.9. The number of carbonyl (C=O) groups is 1. The first-order chi connectivity index (χ1) is 18.0. The Labute approximate surface area is 219 Å². The number of hydrazine groups is 2. The van der Waals surface area contributed by atoms with E-state index in [4.69, 9.17) is 5.73 Å². The lowest BCUT2D eigenvalue weighted by Gasteiger charge is -2.20. The van der Waals surface area contributed by atoms with Crippen molar-refractivity contribution < 1.29 is 18.0 Å². The Morgan fingerprint density at radius 2 is 1.95 bits per heavy atom. The van der Waals surface area contributed by atoms with Crippen LogP contribution in [-0.2, 0) is 19.8 Å². The van der Waals surface area contributed by atoms with Crippen LogP contribution in [0.25, 0.3) is 5.70 Å². The van der Waals surface area contributed by atoms with Crippen LogP contribution >= 0.6 is 0 Å². The Morgan fingerprint density at radius 1 is 1.18 bits per heavy atom. The molecule has 3 aromatic rings. The third-order valence-electron chi connectivity index (χ3n) is 6.45. The van der Waals surface area contributed by atoms with Crippen molar-refractivity contribution in [2.45, 2.75) is 26.6 Å². The Balaban J connectivity index is 1.55. The number of aryl methyl sites for hydroxylation is 2. The molecule has 0 spiro atoms. The predicted octanol–water partition coefficient (Wildman–Crippen LogP) is 3.53. The van der Waals surface area contributed by atoms with Crippen LogP contribution in [0.3, 0.4) is 0 Å². The van der Waals surface area contributed by atoms with Gasteiger partial charge in [0.15, 0.2) is 0 Å². The van der Waals surface area contributed by atoms with E-state index in [0.717, 1.165) is 28.6 Å². The molecule has 2 heterocycles. The normalized spacial score (nSPS) is 13.6. The van der Waals surface area contributed by atoms with Gasteiger partial charge in [-0.05, 0) is 56.3 Å². The number of aromatic nitrogens is 2. The van der Waals surface area contributed by atoms with Crippen molar-refractivity contribution in [3.63, 3.8) is 0 Å². The van der Waals surface area contributed by atoms with Gasteiger partial charge < -0.3 is 21.4 Å². The number of nitrogens with zero attached hydrogens (tertiary/aromatic N) is 4. The number of hydrogen-bond donors (Lipinski definition) is 4. The van der Waals surface area contributed by atoms with Crippen molar-refractivity contribution in [2.75, 3.05) is 30.5 Å². The van der Waals surface area contributed by atoms with Gasteiger partial charge in [-0.1, -0.05) is 12.1 Å². The average molecular weight is 529 g/mol. The molecule has 0 aliphatic carbocycles. The van der Waals surface area contributed by atoms with Gasteiger partial charge in [0.25, 0.3) is 5.91 Å². The number of benzene rings is 2. The molecule has 1 aliphatic rings. The molecule has 202 valence electrons. The van der Waals surface area contributed by atoms with Crippen molar-refractivity contribution in [3.8, 4) is 0 Å². The van der Waals surface area contributed by atoms with E-state index in [2.05, 4.69) is 21.4 Å².